The third-order valence-electron chi connectivity index (χ3n) is 5.00. The SMILES string of the molecule is O=C1CCCN1Cc1ccc(C(=O)N2CCN(c3nccs3)CC2)cc1. The lowest BCUT2D eigenvalue weighted by Gasteiger charge is -2.34. The fourth-order valence-electron chi connectivity index (χ4n) is 3.50. The van der Waals surface area contributed by atoms with Gasteiger partial charge in [-0.05, 0) is 24.1 Å². The summed E-state index contributed by atoms with van der Waals surface area (Å²) in [5.74, 6) is 0.302. The lowest BCUT2D eigenvalue weighted by Crippen LogP contribution is -2.48. The molecule has 2 fully saturated rings. The normalized spacial score (nSPS) is 17.8. The molecule has 2 aromatic rings. The van der Waals surface area contributed by atoms with E-state index in [4.69, 9.17) is 0 Å². The quantitative estimate of drug-likeness (QED) is 0.828. The molecule has 1 aromatic heterocycles. The number of aromatic nitrogens is 1. The largest absolute Gasteiger partial charge is 0.345 e. The zero-order valence-corrected chi connectivity index (χ0v) is 15.5. The molecule has 26 heavy (non-hydrogen) atoms. The van der Waals surface area contributed by atoms with Crippen LogP contribution in [0, 0.1) is 0 Å². The topological polar surface area (TPSA) is 56.8 Å². The maximum Gasteiger partial charge on any atom is 0.253 e. The van der Waals surface area contributed by atoms with Crippen LogP contribution in [0.1, 0.15) is 28.8 Å². The Morgan fingerprint density at radius 3 is 2.46 bits per heavy atom. The number of thiazole rings is 1. The summed E-state index contributed by atoms with van der Waals surface area (Å²) in [6, 6.07) is 7.69. The number of rotatable bonds is 4. The molecule has 2 saturated heterocycles. The van der Waals surface area contributed by atoms with Crippen molar-refractivity contribution in [2.75, 3.05) is 37.6 Å². The standard InChI is InChI=1S/C19H22N4O2S/c24-17-2-1-8-23(17)14-15-3-5-16(6-4-15)18(25)21-9-11-22(12-10-21)19-20-7-13-26-19/h3-7,13H,1-2,8-12,14H2. The van der Waals surface area contributed by atoms with Crippen molar-refractivity contribution in [1.29, 1.82) is 0 Å². The molecule has 7 heteroatoms. The predicted octanol–water partition coefficient (Wildman–Crippen LogP) is 2.23. The summed E-state index contributed by atoms with van der Waals surface area (Å²) in [6.07, 6.45) is 3.42. The van der Waals surface area contributed by atoms with Crippen LogP contribution in [0.2, 0.25) is 0 Å². The molecule has 0 unspecified atom stereocenters. The molecule has 6 nitrogen and oxygen atoms in total. The first-order valence-electron chi connectivity index (χ1n) is 9.01. The summed E-state index contributed by atoms with van der Waals surface area (Å²) < 4.78 is 0. The zero-order chi connectivity index (χ0) is 17.9. The van der Waals surface area contributed by atoms with Gasteiger partial charge in [0, 0.05) is 62.8 Å². The molecule has 4 rings (SSSR count). The van der Waals surface area contributed by atoms with E-state index in [-0.39, 0.29) is 11.8 Å². The minimum atomic E-state index is 0.0765. The highest BCUT2D eigenvalue weighted by Crippen LogP contribution is 2.20. The van der Waals surface area contributed by atoms with Gasteiger partial charge in [0.1, 0.15) is 0 Å². The first kappa shape index (κ1) is 17.0. The fraction of sp³-hybridized carbons (Fsp3) is 0.421. The van der Waals surface area contributed by atoms with Gasteiger partial charge in [-0.2, -0.15) is 0 Å². The van der Waals surface area contributed by atoms with Gasteiger partial charge in [0.2, 0.25) is 5.91 Å². The Hall–Kier alpha value is -2.41. The summed E-state index contributed by atoms with van der Waals surface area (Å²) in [4.78, 5) is 34.8. The monoisotopic (exact) mass is 370 g/mol. The molecule has 0 N–H and O–H groups in total. The van der Waals surface area contributed by atoms with E-state index < -0.39 is 0 Å². The molecule has 0 atom stereocenters. The Labute approximate surface area is 157 Å². The predicted molar refractivity (Wildman–Crippen MR) is 101 cm³/mol. The summed E-state index contributed by atoms with van der Waals surface area (Å²) >= 11 is 1.63. The van der Waals surface area contributed by atoms with Crippen LogP contribution in [0.5, 0.6) is 0 Å². The van der Waals surface area contributed by atoms with E-state index in [0.29, 0.717) is 31.6 Å². The second kappa shape index (κ2) is 7.45. The Kier molecular flexibility index (Phi) is 4.88. The highest BCUT2D eigenvalue weighted by Gasteiger charge is 2.24. The molecule has 1 aromatic carbocycles. The minimum absolute atomic E-state index is 0.0765. The number of amides is 2. The zero-order valence-electron chi connectivity index (χ0n) is 14.6. The van der Waals surface area contributed by atoms with E-state index in [0.717, 1.165) is 36.8 Å². The van der Waals surface area contributed by atoms with Crippen molar-refractivity contribution < 1.29 is 9.59 Å². The maximum absolute atomic E-state index is 12.7. The molecule has 0 spiro atoms. The van der Waals surface area contributed by atoms with E-state index in [9.17, 15) is 9.59 Å². The molecule has 136 valence electrons. The van der Waals surface area contributed by atoms with E-state index >= 15 is 0 Å². The van der Waals surface area contributed by atoms with Gasteiger partial charge >= 0.3 is 0 Å². The third kappa shape index (κ3) is 3.58. The van der Waals surface area contributed by atoms with Gasteiger partial charge < -0.3 is 14.7 Å². The smallest absolute Gasteiger partial charge is 0.253 e. The average Bonchev–Trinajstić information content (AvgIpc) is 3.35. The minimum Gasteiger partial charge on any atom is -0.345 e. The van der Waals surface area contributed by atoms with Gasteiger partial charge in [0.05, 0.1) is 0 Å². The molecule has 2 amide bonds. The Morgan fingerprint density at radius 1 is 1.08 bits per heavy atom. The Balaban J connectivity index is 1.34. The van der Waals surface area contributed by atoms with Crippen LogP contribution in [-0.4, -0.2) is 59.3 Å². The van der Waals surface area contributed by atoms with Crippen LogP contribution >= 0.6 is 11.3 Å². The van der Waals surface area contributed by atoms with Crippen molar-refractivity contribution in [3.05, 3.63) is 47.0 Å². The van der Waals surface area contributed by atoms with Crippen LogP contribution in [0.4, 0.5) is 5.13 Å². The molecule has 0 saturated carbocycles. The number of carbonyl (C=O) groups excluding carboxylic acids is 2. The van der Waals surface area contributed by atoms with Crippen molar-refractivity contribution >= 4 is 28.3 Å². The highest BCUT2D eigenvalue weighted by atomic mass is 32.1. The third-order valence-corrected chi connectivity index (χ3v) is 5.83. The lowest BCUT2D eigenvalue weighted by molar-refractivity contribution is -0.128. The van der Waals surface area contributed by atoms with Gasteiger partial charge in [-0.1, -0.05) is 12.1 Å². The van der Waals surface area contributed by atoms with E-state index in [2.05, 4.69) is 9.88 Å². The molecule has 2 aliphatic rings. The second-order valence-electron chi connectivity index (χ2n) is 6.71. The molecular weight excluding hydrogens is 348 g/mol. The molecule has 0 bridgehead atoms. The summed E-state index contributed by atoms with van der Waals surface area (Å²) in [7, 11) is 0. The second-order valence-corrected chi connectivity index (χ2v) is 7.58. The molecule has 0 radical (unpaired) electrons. The van der Waals surface area contributed by atoms with Crippen molar-refractivity contribution in [3.8, 4) is 0 Å². The van der Waals surface area contributed by atoms with Gasteiger partial charge in [-0.3, -0.25) is 9.59 Å². The molecule has 3 heterocycles. The highest BCUT2D eigenvalue weighted by molar-refractivity contribution is 7.13. The maximum atomic E-state index is 12.7. The number of benzene rings is 1. The van der Waals surface area contributed by atoms with Gasteiger partial charge in [-0.25, -0.2) is 4.98 Å². The van der Waals surface area contributed by atoms with E-state index in [1.807, 2.05) is 45.6 Å². The average molecular weight is 370 g/mol. The van der Waals surface area contributed by atoms with Gasteiger partial charge in [0.15, 0.2) is 5.13 Å². The molecule has 0 aliphatic carbocycles. The summed E-state index contributed by atoms with van der Waals surface area (Å²) in [5, 5.41) is 3.00. The van der Waals surface area contributed by atoms with Crippen molar-refractivity contribution in [2.45, 2.75) is 19.4 Å². The number of hydrogen-bond donors (Lipinski definition) is 0. The summed E-state index contributed by atoms with van der Waals surface area (Å²) in [5.41, 5.74) is 1.79. The van der Waals surface area contributed by atoms with Crippen molar-refractivity contribution in [2.24, 2.45) is 0 Å². The fourth-order valence-corrected chi connectivity index (χ4v) is 4.20. The van der Waals surface area contributed by atoms with Crippen LogP contribution < -0.4 is 4.90 Å². The van der Waals surface area contributed by atoms with E-state index in [1.54, 1.807) is 11.3 Å². The lowest BCUT2D eigenvalue weighted by atomic mass is 10.1. The number of hydrogen-bond acceptors (Lipinski definition) is 5. The van der Waals surface area contributed by atoms with Crippen LogP contribution in [0.15, 0.2) is 35.8 Å². The molecule has 2 aliphatic heterocycles. The number of anilines is 1. The number of likely N-dealkylation sites (tertiary alicyclic amines) is 1. The van der Waals surface area contributed by atoms with Crippen molar-refractivity contribution in [3.63, 3.8) is 0 Å². The molecular formula is C19H22N4O2S. The van der Waals surface area contributed by atoms with E-state index in [1.165, 1.54) is 0 Å². The van der Waals surface area contributed by atoms with Crippen LogP contribution in [-0.2, 0) is 11.3 Å². The van der Waals surface area contributed by atoms with Crippen LogP contribution in [0.25, 0.3) is 0 Å². The van der Waals surface area contributed by atoms with Crippen LogP contribution in [0.3, 0.4) is 0 Å². The van der Waals surface area contributed by atoms with Crippen molar-refractivity contribution in [1.82, 2.24) is 14.8 Å². The summed E-state index contributed by atoms with van der Waals surface area (Å²) in [6.45, 7) is 4.52. The first-order chi connectivity index (χ1) is 12.7. The number of nitrogens with zero attached hydrogens (tertiary/aromatic N) is 4. The van der Waals surface area contributed by atoms with Gasteiger partial charge in [-0.15, -0.1) is 11.3 Å². The first-order valence-corrected chi connectivity index (χ1v) is 9.89. The number of piperazine rings is 1. The Bertz CT molecular complexity index is 767. The van der Waals surface area contributed by atoms with Gasteiger partial charge in [0.25, 0.3) is 5.91 Å². The Morgan fingerprint density at radius 2 is 1.85 bits per heavy atom. The number of carbonyl (C=O) groups is 2.